The third-order valence-electron chi connectivity index (χ3n) is 3.66. The summed E-state index contributed by atoms with van der Waals surface area (Å²) in [4.78, 5) is 12.2. The van der Waals surface area contributed by atoms with Gasteiger partial charge in [-0.1, -0.05) is 12.1 Å². The number of allylic oxidation sites excluding steroid dienone is 1. The zero-order valence-corrected chi connectivity index (χ0v) is 14.1. The molecule has 0 aromatic heterocycles. The smallest absolute Gasteiger partial charge is 0.416 e. The van der Waals surface area contributed by atoms with Crippen molar-refractivity contribution in [3.63, 3.8) is 0 Å². The number of carbonyl (C=O) groups excluding carboxylic acids is 1. The van der Waals surface area contributed by atoms with Gasteiger partial charge in [-0.2, -0.15) is 13.2 Å². The highest BCUT2D eigenvalue weighted by Crippen LogP contribution is 2.30. The zero-order valence-electron chi connectivity index (χ0n) is 14.1. The predicted molar refractivity (Wildman–Crippen MR) is 94.1 cm³/mol. The maximum atomic E-state index is 12.7. The number of halogens is 3. The van der Waals surface area contributed by atoms with E-state index in [1.165, 1.54) is 24.3 Å². The van der Waals surface area contributed by atoms with Gasteiger partial charge >= 0.3 is 6.18 Å². The molecule has 2 aromatic carbocycles. The van der Waals surface area contributed by atoms with E-state index in [1.54, 1.807) is 12.1 Å². The minimum Gasteiger partial charge on any atom is -0.489 e. The van der Waals surface area contributed by atoms with Crippen LogP contribution in [0, 0.1) is 0 Å². The first kappa shape index (κ1) is 19.5. The summed E-state index contributed by atoms with van der Waals surface area (Å²) < 4.78 is 43.7. The fraction of sp³-hybridized carbons (Fsp3) is 0.211. The Bertz CT molecular complexity index is 784. The van der Waals surface area contributed by atoms with Crippen LogP contribution in [0.5, 0.6) is 5.75 Å². The predicted octanol–water partition coefficient (Wildman–Crippen LogP) is 4.24. The number of benzene rings is 2. The number of anilines is 1. The Balaban J connectivity index is 2.02. The van der Waals surface area contributed by atoms with Crippen molar-refractivity contribution in [1.29, 1.82) is 0 Å². The van der Waals surface area contributed by atoms with Crippen LogP contribution in [0.1, 0.15) is 22.8 Å². The van der Waals surface area contributed by atoms with Gasteiger partial charge in [0, 0.05) is 17.8 Å². The van der Waals surface area contributed by atoms with E-state index in [4.69, 9.17) is 10.5 Å². The molecule has 26 heavy (non-hydrogen) atoms. The number of alkyl halides is 3. The first-order valence-electron chi connectivity index (χ1n) is 7.89. The van der Waals surface area contributed by atoms with Crippen LogP contribution in [0.15, 0.2) is 60.2 Å². The normalized spacial score (nSPS) is 12.0. The average Bonchev–Trinajstić information content (AvgIpc) is 2.62. The van der Waals surface area contributed by atoms with Gasteiger partial charge in [0.15, 0.2) is 0 Å². The summed E-state index contributed by atoms with van der Waals surface area (Å²) in [5, 5.41) is 2.45. The van der Waals surface area contributed by atoms with E-state index in [2.05, 4.69) is 5.32 Å². The molecule has 0 saturated carbocycles. The van der Waals surface area contributed by atoms with Gasteiger partial charge in [-0.05, 0) is 55.0 Å². The van der Waals surface area contributed by atoms with E-state index in [0.717, 1.165) is 17.7 Å². The SMILES string of the molecule is C/C=C(/CN)COc1ccc(C(=O)Nc2cccc(C(F)(F)F)c2)cc1. The van der Waals surface area contributed by atoms with Gasteiger partial charge in [0.05, 0.1) is 5.56 Å². The minimum absolute atomic E-state index is 0.0748. The Labute approximate surface area is 149 Å². The Morgan fingerprint density at radius 3 is 2.46 bits per heavy atom. The molecule has 7 heteroatoms. The van der Waals surface area contributed by atoms with E-state index in [0.29, 0.717) is 24.5 Å². The first-order valence-corrected chi connectivity index (χ1v) is 7.89. The van der Waals surface area contributed by atoms with Gasteiger partial charge < -0.3 is 15.8 Å². The maximum Gasteiger partial charge on any atom is 0.416 e. The monoisotopic (exact) mass is 364 g/mol. The lowest BCUT2D eigenvalue weighted by molar-refractivity contribution is -0.137. The molecule has 0 aliphatic carbocycles. The highest BCUT2D eigenvalue weighted by molar-refractivity contribution is 6.04. The van der Waals surface area contributed by atoms with E-state index in [-0.39, 0.29) is 5.69 Å². The fourth-order valence-corrected chi connectivity index (χ4v) is 2.12. The Morgan fingerprint density at radius 1 is 1.19 bits per heavy atom. The summed E-state index contributed by atoms with van der Waals surface area (Å²) in [6.07, 6.45) is -2.59. The summed E-state index contributed by atoms with van der Waals surface area (Å²) in [5.41, 5.74) is 6.05. The molecule has 2 aromatic rings. The van der Waals surface area contributed by atoms with E-state index >= 15 is 0 Å². The molecule has 2 rings (SSSR count). The van der Waals surface area contributed by atoms with E-state index in [9.17, 15) is 18.0 Å². The Hall–Kier alpha value is -2.80. The lowest BCUT2D eigenvalue weighted by Gasteiger charge is -2.11. The molecule has 1 amide bonds. The topological polar surface area (TPSA) is 64.3 Å². The lowest BCUT2D eigenvalue weighted by atomic mass is 10.1. The van der Waals surface area contributed by atoms with Crippen molar-refractivity contribution < 1.29 is 22.7 Å². The van der Waals surface area contributed by atoms with Crippen molar-refractivity contribution in [1.82, 2.24) is 0 Å². The highest BCUT2D eigenvalue weighted by Gasteiger charge is 2.30. The third-order valence-corrected chi connectivity index (χ3v) is 3.66. The number of nitrogens with one attached hydrogen (secondary N) is 1. The third kappa shape index (κ3) is 5.35. The van der Waals surface area contributed by atoms with Crippen LogP contribution >= 0.6 is 0 Å². The van der Waals surface area contributed by atoms with Gasteiger partial charge in [0.2, 0.25) is 0 Å². The number of rotatable bonds is 6. The molecule has 138 valence electrons. The quantitative estimate of drug-likeness (QED) is 0.754. The van der Waals surface area contributed by atoms with Crippen LogP contribution < -0.4 is 15.8 Å². The summed E-state index contributed by atoms with van der Waals surface area (Å²) in [6, 6.07) is 10.8. The number of amides is 1. The van der Waals surface area contributed by atoms with Crippen molar-refractivity contribution in [2.24, 2.45) is 5.73 Å². The van der Waals surface area contributed by atoms with Crippen LogP contribution in [0.3, 0.4) is 0 Å². The van der Waals surface area contributed by atoms with Crippen LogP contribution in [-0.4, -0.2) is 19.1 Å². The van der Waals surface area contributed by atoms with Gasteiger partial charge in [0.25, 0.3) is 5.91 Å². The second-order valence-electron chi connectivity index (χ2n) is 5.50. The van der Waals surface area contributed by atoms with Crippen LogP contribution in [0.4, 0.5) is 18.9 Å². The van der Waals surface area contributed by atoms with Crippen LogP contribution in [0.2, 0.25) is 0 Å². The molecular weight excluding hydrogens is 345 g/mol. The van der Waals surface area contributed by atoms with Gasteiger partial charge in [-0.25, -0.2) is 0 Å². The fourth-order valence-electron chi connectivity index (χ4n) is 2.12. The molecule has 0 aliphatic rings. The molecule has 0 spiro atoms. The lowest BCUT2D eigenvalue weighted by Crippen LogP contribution is -2.13. The molecule has 0 atom stereocenters. The maximum absolute atomic E-state index is 12.7. The van der Waals surface area contributed by atoms with Gasteiger partial charge in [-0.3, -0.25) is 4.79 Å². The summed E-state index contributed by atoms with van der Waals surface area (Å²) in [5.74, 6) is 0.0559. The summed E-state index contributed by atoms with van der Waals surface area (Å²) >= 11 is 0. The molecule has 0 saturated heterocycles. The largest absolute Gasteiger partial charge is 0.489 e. The Morgan fingerprint density at radius 2 is 1.88 bits per heavy atom. The number of hydrogen-bond donors (Lipinski definition) is 2. The number of ether oxygens (including phenoxy) is 1. The Kier molecular flexibility index (Phi) is 6.41. The van der Waals surface area contributed by atoms with Crippen molar-refractivity contribution in [3.8, 4) is 5.75 Å². The molecule has 3 N–H and O–H groups in total. The summed E-state index contributed by atoms with van der Waals surface area (Å²) in [6.45, 7) is 2.61. The minimum atomic E-state index is -4.46. The van der Waals surface area contributed by atoms with E-state index < -0.39 is 17.6 Å². The van der Waals surface area contributed by atoms with Gasteiger partial charge in [-0.15, -0.1) is 0 Å². The van der Waals surface area contributed by atoms with Crippen LogP contribution in [0.25, 0.3) is 0 Å². The number of nitrogens with two attached hydrogens (primary N) is 1. The van der Waals surface area contributed by atoms with Crippen molar-refractivity contribution in [2.75, 3.05) is 18.5 Å². The molecule has 4 nitrogen and oxygen atoms in total. The second kappa shape index (κ2) is 8.53. The molecule has 0 fully saturated rings. The standard InChI is InChI=1S/C19H19F3N2O2/c1-2-13(11-23)12-26-17-8-6-14(7-9-17)18(25)24-16-5-3-4-15(10-16)19(20,21)22/h2-10H,11-12,23H2,1H3,(H,24,25)/b13-2-. The second-order valence-corrected chi connectivity index (χ2v) is 5.50. The van der Waals surface area contributed by atoms with Crippen molar-refractivity contribution in [2.45, 2.75) is 13.1 Å². The molecular formula is C19H19F3N2O2. The van der Waals surface area contributed by atoms with E-state index in [1.807, 2.05) is 13.0 Å². The number of carbonyl (C=O) groups is 1. The number of hydrogen-bond acceptors (Lipinski definition) is 3. The van der Waals surface area contributed by atoms with Crippen molar-refractivity contribution >= 4 is 11.6 Å². The summed E-state index contributed by atoms with van der Waals surface area (Å²) in [7, 11) is 0. The molecule has 0 radical (unpaired) electrons. The van der Waals surface area contributed by atoms with Crippen molar-refractivity contribution in [3.05, 3.63) is 71.3 Å². The molecule has 0 bridgehead atoms. The molecule has 0 unspecified atom stereocenters. The average molecular weight is 364 g/mol. The molecule has 0 heterocycles. The van der Waals surface area contributed by atoms with Gasteiger partial charge in [0.1, 0.15) is 12.4 Å². The zero-order chi connectivity index (χ0) is 19.2. The first-order chi connectivity index (χ1) is 12.3. The van der Waals surface area contributed by atoms with Crippen LogP contribution in [-0.2, 0) is 6.18 Å². The highest BCUT2D eigenvalue weighted by atomic mass is 19.4. The molecule has 0 aliphatic heterocycles.